The summed E-state index contributed by atoms with van der Waals surface area (Å²) in [5, 5.41) is 0.284. The van der Waals surface area contributed by atoms with Crippen LogP contribution in [0.25, 0.3) is 10.6 Å². The molecule has 2 aromatic rings. The molecule has 3 nitrogen and oxygen atoms in total. The van der Waals surface area contributed by atoms with E-state index in [-0.39, 0.29) is 10.9 Å². The smallest absolute Gasteiger partial charge is 0.185 e. The molecule has 0 aliphatic carbocycles. The van der Waals surface area contributed by atoms with Crippen LogP contribution < -0.4 is 0 Å². The van der Waals surface area contributed by atoms with Crippen molar-refractivity contribution in [2.75, 3.05) is 0 Å². The maximum atomic E-state index is 10.4. The molecule has 0 atom stereocenters. The number of carbonyl (C=O) groups is 1. The van der Waals surface area contributed by atoms with E-state index in [9.17, 15) is 4.79 Å². The first-order chi connectivity index (χ1) is 6.70. The third kappa shape index (κ3) is 1.68. The van der Waals surface area contributed by atoms with Gasteiger partial charge in [-0.2, -0.15) is 0 Å². The summed E-state index contributed by atoms with van der Waals surface area (Å²) in [6.07, 6.45) is 0.625. The molecule has 0 aliphatic heterocycles. The third-order valence-electron chi connectivity index (χ3n) is 1.53. The maximum absolute atomic E-state index is 10.4. The van der Waals surface area contributed by atoms with Crippen molar-refractivity contribution in [2.45, 2.75) is 0 Å². The van der Waals surface area contributed by atoms with Gasteiger partial charge in [-0.3, -0.25) is 4.79 Å². The van der Waals surface area contributed by atoms with Gasteiger partial charge < -0.3 is 4.42 Å². The minimum absolute atomic E-state index is 0.251. The Morgan fingerprint density at radius 2 is 2.21 bits per heavy atom. The molecule has 0 saturated heterocycles. The number of hydrogen-bond acceptors (Lipinski definition) is 4. The second kappa shape index (κ2) is 3.73. The molecule has 2 aromatic heterocycles. The quantitative estimate of drug-likeness (QED) is 0.763. The summed E-state index contributed by atoms with van der Waals surface area (Å²) in [6.45, 7) is 0. The Kier molecular flexibility index (Phi) is 2.58. The molecule has 14 heavy (non-hydrogen) atoms. The number of halogens is 2. The zero-order valence-electron chi connectivity index (χ0n) is 6.66. The Balaban J connectivity index is 2.48. The molecule has 0 aromatic carbocycles. The SMILES string of the molecule is O=Cc1ccc(-c2sc(Cl)nc2Cl)o1. The number of carbonyl (C=O) groups excluding carboxylic acids is 1. The molecule has 0 radical (unpaired) electrons. The number of hydrogen-bond donors (Lipinski definition) is 0. The van der Waals surface area contributed by atoms with Crippen LogP contribution in [0.4, 0.5) is 0 Å². The fourth-order valence-corrected chi connectivity index (χ4v) is 2.32. The van der Waals surface area contributed by atoms with Crippen molar-refractivity contribution in [3.05, 3.63) is 27.5 Å². The van der Waals surface area contributed by atoms with Gasteiger partial charge in [0.1, 0.15) is 10.6 Å². The molecule has 0 unspecified atom stereocenters. The van der Waals surface area contributed by atoms with Crippen molar-refractivity contribution in [1.82, 2.24) is 4.98 Å². The minimum atomic E-state index is 0.251. The molecule has 2 rings (SSSR count). The van der Waals surface area contributed by atoms with Crippen LogP contribution in [0.2, 0.25) is 9.62 Å². The highest BCUT2D eigenvalue weighted by molar-refractivity contribution is 7.19. The largest absolute Gasteiger partial charge is 0.452 e. The molecule has 72 valence electrons. The predicted molar refractivity (Wildman–Crippen MR) is 55.2 cm³/mol. The lowest BCUT2D eigenvalue weighted by atomic mass is 10.4. The average molecular weight is 248 g/mol. The number of aromatic nitrogens is 1. The zero-order chi connectivity index (χ0) is 10.1. The molecule has 0 bridgehead atoms. The van der Waals surface area contributed by atoms with Gasteiger partial charge in [0.25, 0.3) is 0 Å². The molecule has 0 amide bonds. The number of aldehydes is 1. The van der Waals surface area contributed by atoms with Crippen molar-refractivity contribution in [2.24, 2.45) is 0 Å². The lowest BCUT2D eigenvalue weighted by Crippen LogP contribution is -1.69. The van der Waals surface area contributed by atoms with Crippen LogP contribution in [-0.4, -0.2) is 11.3 Å². The average Bonchev–Trinajstić information content (AvgIpc) is 2.71. The molecular formula is C8H3Cl2NO2S. The normalized spacial score (nSPS) is 10.4. The molecule has 2 heterocycles. The van der Waals surface area contributed by atoms with Gasteiger partial charge >= 0.3 is 0 Å². The summed E-state index contributed by atoms with van der Waals surface area (Å²) in [6, 6.07) is 3.21. The highest BCUT2D eigenvalue weighted by Gasteiger charge is 2.13. The van der Waals surface area contributed by atoms with E-state index in [0.717, 1.165) is 0 Å². The second-order valence-corrected chi connectivity index (χ2v) is 4.35. The van der Waals surface area contributed by atoms with Gasteiger partial charge in [-0.1, -0.05) is 34.5 Å². The molecule has 0 fully saturated rings. The summed E-state index contributed by atoms with van der Waals surface area (Å²) in [5.41, 5.74) is 0. The van der Waals surface area contributed by atoms with Crippen LogP contribution in [0, 0.1) is 0 Å². The first-order valence-electron chi connectivity index (χ1n) is 3.58. The lowest BCUT2D eigenvalue weighted by molar-refractivity contribution is 0.110. The van der Waals surface area contributed by atoms with Crippen molar-refractivity contribution in [1.29, 1.82) is 0 Å². The molecule has 0 aliphatic rings. The third-order valence-corrected chi connectivity index (χ3v) is 3.09. The molecule has 0 saturated carbocycles. The Bertz CT molecular complexity index is 477. The summed E-state index contributed by atoms with van der Waals surface area (Å²) in [4.78, 5) is 14.8. The van der Waals surface area contributed by atoms with E-state index in [4.69, 9.17) is 27.6 Å². The predicted octanol–water partition coefficient (Wildman–Crippen LogP) is 3.52. The van der Waals surface area contributed by atoms with Gasteiger partial charge in [-0.25, -0.2) is 4.98 Å². The van der Waals surface area contributed by atoms with Crippen molar-refractivity contribution in [3.63, 3.8) is 0 Å². The van der Waals surface area contributed by atoms with E-state index >= 15 is 0 Å². The molecule has 0 N–H and O–H groups in total. The maximum Gasteiger partial charge on any atom is 0.185 e. The standard InChI is InChI=1S/C8H3Cl2NO2S/c9-7-6(14-8(10)11-7)5-2-1-4(3-12)13-5/h1-3H. The highest BCUT2D eigenvalue weighted by atomic mass is 35.5. The van der Waals surface area contributed by atoms with Gasteiger partial charge in [0, 0.05) is 0 Å². The van der Waals surface area contributed by atoms with E-state index < -0.39 is 0 Å². The Labute approximate surface area is 93.3 Å². The zero-order valence-corrected chi connectivity index (χ0v) is 8.99. The van der Waals surface area contributed by atoms with E-state index in [0.29, 0.717) is 21.4 Å². The van der Waals surface area contributed by atoms with Gasteiger partial charge in [-0.05, 0) is 12.1 Å². The Morgan fingerprint density at radius 3 is 2.71 bits per heavy atom. The first kappa shape index (κ1) is 9.71. The number of thiazole rings is 1. The van der Waals surface area contributed by atoms with E-state index in [1.807, 2.05) is 0 Å². The number of furan rings is 1. The van der Waals surface area contributed by atoms with E-state index in [1.165, 1.54) is 11.3 Å². The molecular weight excluding hydrogens is 245 g/mol. The van der Waals surface area contributed by atoms with Crippen LogP contribution in [-0.2, 0) is 0 Å². The van der Waals surface area contributed by atoms with Crippen LogP contribution in [0.3, 0.4) is 0 Å². The summed E-state index contributed by atoms with van der Waals surface area (Å²) < 4.78 is 5.51. The van der Waals surface area contributed by atoms with Gasteiger partial charge in [0.2, 0.25) is 0 Å². The van der Waals surface area contributed by atoms with E-state index in [1.54, 1.807) is 12.1 Å². The first-order valence-corrected chi connectivity index (χ1v) is 5.15. The van der Waals surface area contributed by atoms with Gasteiger partial charge in [-0.15, -0.1) is 0 Å². The topological polar surface area (TPSA) is 43.1 Å². The minimum Gasteiger partial charge on any atom is -0.452 e. The fourth-order valence-electron chi connectivity index (χ4n) is 0.967. The summed E-state index contributed by atoms with van der Waals surface area (Å²) in [5.74, 6) is 0.752. The number of nitrogens with zero attached hydrogens (tertiary/aromatic N) is 1. The Morgan fingerprint density at radius 1 is 1.43 bits per heavy atom. The van der Waals surface area contributed by atoms with Crippen molar-refractivity contribution in [3.8, 4) is 10.6 Å². The molecule has 0 spiro atoms. The van der Waals surface area contributed by atoms with Crippen molar-refractivity contribution < 1.29 is 9.21 Å². The van der Waals surface area contributed by atoms with Gasteiger partial charge in [0.05, 0.1) is 0 Å². The van der Waals surface area contributed by atoms with Gasteiger partial charge in [0.15, 0.2) is 21.7 Å². The van der Waals surface area contributed by atoms with Crippen LogP contribution in [0.5, 0.6) is 0 Å². The van der Waals surface area contributed by atoms with Crippen molar-refractivity contribution >= 4 is 40.8 Å². The Hall–Kier alpha value is -0.840. The van der Waals surface area contributed by atoms with Crippen LogP contribution in [0.15, 0.2) is 16.5 Å². The lowest BCUT2D eigenvalue weighted by Gasteiger charge is -1.88. The fraction of sp³-hybridized carbons (Fsp3) is 0. The van der Waals surface area contributed by atoms with E-state index in [2.05, 4.69) is 4.98 Å². The summed E-state index contributed by atoms with van der Waals surface area (Å²) in [7, 11) is 0. The van der Waals surface area contributed by atoms with Crippen LogP contribution in [0.1, 0.15) is 10.6 Å². The van der Waals surface area contributed by atoms with Crippen LogP contribution >= 0.6 is 34.5 Å². The number of rotatable bonds is 2. The monoisotopic (exact) mass is 247 g/mol. The molecule has 6 heteroatoms. The second-order valence-electron chi connectivity index (χ2n) is 2.41. The summed E-state index contributed by atoms with van der Waals surface area (Å²) >= 11 is 12.7. The highest BCUT2D eigenvalue weighted by Crippen LogP contribution is 2.36.